The van der Waals surface area contributed by atoms with Crippen LogP contribution in [0.4, 0.5) is 11.4 Å². The first-order valence-corrected chi connectivity index (χ1v) is 5.98. The van der Waals surface area contributed by atoms with E-state index in [1.54, 1.807) is 12.4 Å². The van der Waals surface area contributed by atoms with Gasteiger partial charge in [0.1, 0.15) is 0 Å². The Bertz CT molecular complexity index is 340. The van der Waals surface area contributed by atoms with Crippen LogP contribution in [0.3, 0.4) is 0 Å². The van der Waals surface area contributed by atoms with Crippen LogP contribution in [0.2, 0.25) is 0 Å². The van der Waals surface area contributed by atoms with E-state index in [2.05, 4.69) is 22.1 Å². The third kappa shape index (κ3) is 2.64. The second-order valence-electron chi connectivity index (χ2n) is 4.34. The Labute approximate surface area is 96.8 Å². The topological polar surface area (TPSA) is 54.2 Å². The SMILES string of the molecule is CCN1CCCC(Nc2ccncc2N)C1. The van der Waals surface area contributed by atoms with Crippen LogP contribution >= 0.6 is 0 Å². The van der Waals surface area contributed by atoms with Gasteiger partial charge >= 0.3 is 0 Å². The van der Waals surface area contributed by atoms with E-state index in [1.165, 1.54) is 19.4 Å². The van der Waals surface area contributed by atoms with E-state index < -0.39 is 0 Å². The fourth-order valence-electron chi connectivity index (χ4n) is 2.22. The zero-order valence-electron chi connectivity index (χ0n) is 9.82. The first-order chi connectivity index (χ1) is 7.79. The molecule has 1 aliphatic rings. The zero-order valence-corrected chi connectivity index (χ0v) is 9.82. The molecule has 4 nitrogen and oxygen atoms in total. The van der Waals surface area contributed by atoms with Crippen LogP contribution in [0.5, 0.6) is 0 Å². The molecule has 1 saturated heterocycles. The maximum atomic E-state index is 5.87. The highest BCUT2D eigenvalue weighted by Gasteiger charge is 2.18. The summed E-state index contributed by atoms with van der Waals surface area (Å²) in [5.41, 5.74) is 7.61. The average Bonchev–Trinajstić information content (AvgIpc) is 2.32. The molecule has 4 heteroatoms. The van der Waals surface area contributed by atoms with Crippen molar-refractivity contribution >= 4 is 11.4 Å². The van der Waals surface area contributed by atoms with Crippen LogP contribution < -0.4 is 11.1 Å². The third-order valence-electron chi connectivity index (χ3n) is 3.16. The molecule has 2 rings (SSSR count). The maximum absolute atomic E-state index is 5.87. The standard InChI is InChI=1S/C12H20N4/c1-2-16-7-3-4-10(9-16)15-12-5-6-14-8-11(12)13/h5-6,8,10H,2-4,7,9,13H2,1H3,(H,14,15). The van der Waals surface area contributed by atoms with Gasteiger partial charge in [-0.3, -0.25) is 4.98 Å². The lowest BCUT2D eigenvalue weighted by Gasteiger charge is -2.33. The van der Waals surface area contributed by atoms with Crippen molar-refractivity contribution in [2.75, 3.05) is 30.7 Å². The number of nitrogens with two attached hydrogens (primary N) is 1. The molecule has 1 aliphatic heterocycles. The van der Waals surface area contributed by atoms with Crippen LogP contribution in [-0.4, -0.2) is 35.6 Å². The van der Waals surface area contributed by atoms with E-state index in [1.807, 2.05) is 6.07 Å². The summed E-state index contributed by atoms with van der Waals surface area (Å²) < 4.78 is 0. The summed E-state index contributed by atoms with van der Waals surface area (Å²) in [6.07, 6.45) is 5.95. The number of piperidine rings is 1. The Morgan fingerprint density at radius 3 is 3.25 bits per heavy atom. The molecule has 1 unspecified atom stereocenters. The lowest BCUT2D eigenvalue weighted by molar-refractivity contribution is 0.227. The highest BCUT2D eigenvalue weighted by molar-refractivity contribution is 5.64. The van der Waals surface area contributed by atoms with Gasteiger partial charge in [0.2, 0.25) is 0 Å². The number of likely N-dealkylation sites (tertiary alicyclic amines) is 1. The van der Waals surface area contributed by atoms with E-state index in [0.29, 0.717) is 6.04 Å². The summed E-state index contributed by atoms with van der Waals surface area (Å²) in [5.74, 6) is 0. The van der Waals surface area contributed by atoms with Crippen molar-refractivity contribution in [3.8, 4) is 0 Å². The quantitative estimate of drug-likeness (QED) is 0.811. The monoisotopic (exact) mass is 220 g/mol. The molecule has 2 heterocycles. The molecule has 3 N–H and O–H groups in total. The molecule has 0 bridgehead atoms. The van der Waals surface area contributed by atoms with E-state index in [0.717, 1.165) is 24.5 Å². The Morgan fingerprint density at radius 2 is 2.50 bits per heavy atom. The van der Waals surface area contributed by atoms with Gasteiger partial charge in [-0.05, 0) is 32.0 Å². The molecule has 88 valence electrons. The van der Waals surface area contributed by atoms with Crippen LogP contribution in [-0.2, 0) is 0 Å². The molecule has 0 amide bonds. The molecule has 0 radical (unpaired) electrons. The van der Waals surface area contributed by atoms with E-state index in [-0.39, 0.29) is 0 Å². The third-order valence-corrected chi connectivity index (χ3v) is 3.16. The first-order valence-electron chi connectivity index (χ1n) is 5.98. The summed E-state index contributed by atoms with van der Waals surface area (Å²) in [6, 6.07) is 2.46. The molecular weight excluding hydrogens is 200 g/mol. The number of hydrogen-bond acceptors (Lipinski definition) is 4. The first kappa shape index (κ1) is 11.2. The summed E-state index contributed by atoms with van der Waals surface area (Å²) >= 11 is 0. The van der Waals surface area contributed by atoms with Crippen molar-refractivity contribution in [3.63, 3.8) is 0 Å². The van der Waals surface area contributed by atoms with Crippen molar-refractivity contribution in [1.29, 1.82) is 0 Å². The van der Waals surface area contributed by atoms with Gasteiger partial charge in [0.25, 0.3) is 0 Å². The smallest absolute Gasteiger partial charge is 0.0736 e. The molecule has 0 aromatic carbocycles. The molecule has 1 aromatic heterocycles. The minimum Gasteiger partial charge on any atom is -0.396 e. The van der Waals surface area contributed by atoms with Crippen LogP contribution in [0.1, 0.15) is 19.8 Å². The van der Waals surface area contributed by atoms with Crippen molar-refractivity contribution in [2.45, 2.75) is 25.8 Å². The molecule has 0 saturated carbocycles. The predicted octanol–water partition coefficient (Wildman–Crippen LogP) is 1.56. The maximum Gasteiger partial charge on any atom is 0.0736 e. The molecule has 1 aromatic rings. The summed E-state index contributed by atoms with van der Waals surface area (Å²) in [7, 11) is 0. The predicted molar refractivity (Wildman–Crippen MR) is 67.4 cm³/mol. The molecule has 1 atom stereocenters. The van der Waals surface area contributed by atoms with Gasteiger partial charge in [-0.25, -0.2) is 0 Å². The number of hydrogen-bond donors (Lipinski definition) is 2. The average molecular weight is 220 g/mol. The Morgan fingerprint density at radius 1 is 1.62 bits per heavy atom. The molecule has 16 heavy (non-hydrogen) atoms. The number of nitrogens with one attached hydrogen (secondary N) is 1. The number of nitrogen functional groups attached to an aromatic ring is 1. The second kappa shape index (κ2) is 5.16. The number of likely N-dealkylation sites (N-methyl/N-ethyl adjacent to an activating group) is 1. The van der Waals surface area contributed by atoms with Crippen LogP contribution in [0, 0.1) is 0 Å². The minimum absolute atomic E-state index is 0.512. The summed E-state index contributed by atoms with van der Waals surface area (Å²) in [4.78, 5) is 6.46. The Hall–Kier alpha value is -1.29. The number of aromatic nitrogens is 1. The molecule has 0 spiro atoms. The fourth-order valence-corrected chi connectivity index (χ4v) is 2.22. The van der Waals surface area contributed by atoms with E-state index >= 15 is 0 Å². The van der Waals surface area contributed by atoms with Crippen LogP contribution in [0.15, 0.2) is 18.5 Å². The number of rotatable bonds is 3. The van der Waals surface area contributed by atoms with Gasteiger partial charge in [-0.1, -0.05) is 6.92 Å². The van der Waals surface area contributed by atoms with Crippen molar-refractivity contribution in [2.24, 2.45) is 0 Å². The largest absolute Gasteiger partial charge is 0.396 e. The molecule has 1 fully saturated rings. The fraction of sp³-hybridized carbons (Fsp3) is 0.583. The van der Waals surface area contributed by atoms with E-state index in [4.69, 9.17) is 5.73 Å². The van der Waals surface area contributed by atoms with Gasteiger partial charge in [0, 0.05) is 18.8 Å². The van der Waals surface area contributed by atoms with Gasteiger partial charge in [-0.15, -0.1) is 0 Å². The Balaban J connectivity index is 1.97. The van der Waals surface area contributed by atoms with Gasteiger partial charge in [0.15, 0.2) is 0 Å². The van der Waals surface area contributed by atoms with Gasteiger partial charge < -0.3 is 16.0 Å². The van der Waals surface area contributed by atoms with Crippen molar-refractivity contribution < 1.29 is 0 Å². The second-order valence-corrected chi connectivity index (χ2v) is 4.34. The number of nitrogens with zero attached hydrogens (tertiary/aromatic N) is 2. The zero-order chi connectivity index (χ0) is 11.4. The van der Waals surface area contributed by atoms with Crippen molar-refractivity contribution in [3.05, 3.63) is 18.5 Å². The summed E-state index contributed by atoms with van der Waals surface area (Å²) in [5, 5.41) is 3.51. The lowest BCUT2D eigenvalue weighted by Crippen LogP contribution is -2.41. The minimum atomic E-state index is 0.512. The van der Waals surface area contributed by atoms with E-state index in [9.17, 15) is 0 Å². The highest BCUT2D eigenvalue weighted by Crippen LogP contribution is 2.20. The van der Waals surface area contributed by atoms with Gasteiger partial charge in [0.05, 0.1) is 17.6 Å². The highest BCUT2D eigenvalue weighted by atomic mass is 15.2. The van der Waals surface area contributed by atoms with Gasteiger partial charge in [-0.2, -0.15) is 0 Å². The number of anilines is 2. The molecule has 0 aliphatic carbocycles. The Kier molecular flexibility index (Phi) is 3.62. The normalized spacial score (nSPS) is 21.9. The number of pyridine rings is 1. The lowest BCUT2D eigenvalue weighted by atomic mass is 10.1. The molecular formula is C12H20N4. The van der Waals surface area contributed by atoms with Crippen molar-refractivity contribution in [1.82, 2.24) is 9.88 Å². The van der Waals surface area contributed by atoms with Crippen LogP contribution in [0.25, 0.3) is 0 Å². The summed E-state index contributed by atoms with van der Waals surface area (Å²) in [6.45, 7) is 5.67.